The predicted octanol–water partition coefficient (Wildman–Crippen LogP) is -1.24. The van der Waals surface area contributed by atoms with Crippen LogP contribution >= 0.6 is 0 Å². The van der Waals surface area contributed by atoms with Crippen molar-refractivity contribution in [3.63, 3.8) is 0 Å². The first kappa shape index (κ1) is 20.2. The minimum Gasteiger partial charge on any atom is -0.450 e. The first-order valence-electron chi connectivity index (χ1n) is 8.63. The van der Waals surface area contributed by atoms with Crippen molar-refractivity contribution in [1.82, 2.24) is 15.5 Å². The smallest absolute Gasteiger partial charge is 0.409 e. The van der Waals surface area contributed by atoms with Crippen molar-refractivity contribution in [2.45, 2.75) is 45.7 Å². The number of carbonyl (C=O) groups is 3. The maximum Gasteiger partial charge on any atom is 0.409 e. The number of carbonyl (C=O) groups excluding carboxylic acids is 3. The molecule has 8 nitrogen and oxygen atoms in total. The number of rotatable bonds is 7. The summed E-state index contributed by atoms with van der Waals surface area (Å²) >= 11 is 0. The Morgan fingerprint density at radius 1 is 1.17 bits per heavy atom. The number of quaternary nitrogens is 1. The van der Waals surface area contributed by atoms with Gasteiger partial charge in [0.1, 0.15) is 0 Å². The molecule has 138 valence electrons. The van der Waals surface area contributed by atoms with Gasteiger partial charge in [-0.05, 0) is 33.6 Å². The van der Waals surface area contributed by atoms with Gasteiger partial charge in [0.15, 0.2) is 13.1 Å². The molecule has 0 spiro atoms. The topological polar surface area (TPSA) is 92.2 Å². The van der Waals surface area contributed by atoms with Crippen LogP contribution in [0.1, 0.15) is 33.6 Å². The van der Waals surface area contributed by atoms with E-state index < -0.39 is 0 Å². The first-order valence-corrected chi connectivity index (χ1v) is 8.63. The van der Waals surface area contributed by atoms with Crippen molar-refractivity contribution in [3.8, 4) is 0 Å². The summed E-state index contributed by atoms with van der Waals surface area (Å²) in [5.74, 6) is -0.127. The van der Waals surface area contributed by atoms with E-state index in [1.54, 1.807) is 11.8 Å². The van der Waals surface area contributed by atoms with Crippen LogP contribution in [-0.2, 0) is 14.3 Å². The first-order chi connectivity index (χ1) is 11.3. The van der Waals surface area contributed by atoms with Crippen molar-refractivity contribution in [3.05, 3.63) is 0 Å². The minimum atomic E-state index is -0.289. The van der Waals surface area contributed by atoms with E-state index in [9.17, 15) is 14.4 Å². The third-order valence-corrected chi connectivity index (χ3v) is 3.76. The largest absolute Gasteiger partial charge is 0.450 e. The van der Waals surface area contributed by atoms with E-state index in [4.69, 9.17) is 4.74 Å². The lowest BCUT2D eigenvalue weighted by Gasteiger charge is -2.31. The Balaban J connectivity index is 2.26. The average Bonchev–Trinajstić information content (AvgIpc) is 2.46. The van der Waals surface area contributed by atoms with E-state index in [2.05, 4.69) is 10.6 Å². The molecular formula is C16H31N4O4+. The zero-order valence-corrected chi connectivity index (χ0v) is 15.2. The van der Waals surface area contributed by atoms with E-state index in [-0.39, 0.29) is 43.1 Å². The SMILES string of the molecule is CCOC(=O)N1CCC(NC(=O)C[NH+](C)CC(=O)NC(C)C)CC1. The van der Waals surface area contributed by atoms with Crippen LogP contribution in [0.3, 0.4) is 0 Å². The van der Waals surface area contributed by atoms with E-state index in [1.807, 2.05) is 20.9 Å². The molecule has 24 heavy (non-hydrogen) atoms. The van der Waals surface area contributed by atoms with Crippen LogP contribution in [0.4, 0.5) is 4.79 Å². The molecule has 1 atom stereocenters. The Hall–Kier alpha value is -1.83. The molecule has 1 rings (SSSR count). The standard InChI is InChI=1S/C16H30N4O4/c1-5-24-16(23)20-8-6-13(7-9-20)18-15(22)11-19(4)10-14(21)17-12(2)3/h12-13H,5-11H2,1-4H3,(H,17,21)(H,18,22)/p+1. The third kappa shape index (κ3) is 7.63. The van der Waals surface area contributed by atoms with Crippen molar-refractivity contribution in [2.75, 3.05) is 39.8 Å². The van der Waals surface area contributed by atoms with Crippen molar-refractivity contribution in [2.24, 2.45) is 0 Å². The number of hydrogen-bond acceptors (Lipinski definition) is 4. The van der Waals surface area contributed by atoms with Gasteiger partial charge in [0.05, 0.1) is 13.7 Å². The number of ether oxygens (including phenoxy) is 1. The van der Waals surface area contributed by atoms with Crippen LogP contribution in [0.25, 0.3) is 0 Å². The summed E-state index contributed by atoms with van der Waals surface area (Å²) in [6.45, 7) is 7.66. The highest BCUT2D eigenvalue weighted by atomic mass is 16.6. The van der Waals surface area contributed by atoms with Gasteiger partial charge in [0, 0.05) is 25.2 Å². The second-order valence-electron chi connectivity index (χ2n) is 6.56. The summed E-state index contributed by atoms with van der Waals surface area (Å²) in [7, 11) is 1.82. The van der Waals surface area contributed by atoms with Gasteiger partial charge in [-0.3, -0.25) is 9.59 Å². The highest BCUT2D eigenvalue weighted by Crippen LogP contribution is 2.11. The lowest BCUT2D eigenvalue weighted by atomic mass is 10.1. The van der Waals surface area contributed by atoms with E-state index in [0.717, 1.165) is 17.7 Å². The molecule has 1 fully saturated rings. The Morgan fingerprint density at radius 3 is 2.29 bits per heavy atom. The van der Waals surface area contributed by atoms with Crippen molar-refractivity contribution in [1.29, 1.82) is 0 Å². The number of amides is 3. The zero-order chi connectivity index (χ0) is 18.1. The van der Waals surface area contributed by atoms with Crippen LogP contribution in [0.5, 0.6) is 0 Å². The van der Waals surface area contributed by atoms with Gasteiger partial charge >= 0.3 is 6.09 Å². The number of likely N-dealkylation sites (N-methyl/N-ethyl adjacent to an activating group) is 1. The highest BCUT2D eigenvalue weighted by Gasteiger charge is 2.25. The van der Waals surface area contributed by atoms with Gasteiger partial charge in [0.25, 0.3) is 11.8 Å². The van der Waals surface area contributed by atoms with Crippen molar-refractivity contribution < 1.29 is 24.0 Å². The summed E-state index contributed by atoms with van der Waals surface area (Å²) in [6, 6.07) is 0.171. The Bertz CT molecular complexity index is 434. The highest BCUT2D eigenvalue weighted by molar-refractivity contribution is 5.79. The lowest BCUT2D eigenvalue weighted by Crippen LogP contribution is -3.11. The van der Waals surface area contributed by atoms with Gasteiger partial charge in [0.2, 0.25) is 0 Å². The fraction of sp³-hybridized carbons (Fsp3) is 0.812. The molecule has 3 amide bonds. The lowest BCUT2D eigenvalue weighted by molar-refractivity contribution is -0.862. The second-order valence-corrected chi connectivity index (χ2v) is 6.56. The molecule has 0 aromatic heterocycles. The summed E-state index contributed by atoms with van der Waals surface area (Å²) in [5.41, 5.74) is 0. The molecule has 0 aromatic rings. The van der Waals surface area contributed by atoms with Crippen LogP contribution in [0, 0.1) is 0 Å². The molecule has 0 saturated carbocycles. The molecule has 1 heterocycles. The number of piperidine rings is 1. The normalized spacial score (nSPS) is 16.6. The Labute approximate surface area is 143 Å². The monoisotopic (exact) mass is 343 g/mol. The number of nitrogens with one attached hydrogen (secondary N) is 3. The van der Waals surface area contributed by atoms with E-state index >= 15 is 0 Å². The van der Waals surface area contributed by atoms with E-state index in [0.29, 0.717) is 19.7 Å². The maximum absolute atomic E-state index is 12.1. The summed E-state index contributed by atoms with van der Waals surface area (Å²) in [6.07, 6.45) is 1.15. The fourth-order valence-electron chi connectivity index (χ4n) is 2.68. The maximum atomic E-state index is 12.1. The average molecular weight is 343 g/mol. The fourth-order valence-corrected chi connectivity index (χ4v) is 2.68. The summed E-state index contributed by atoms with van der Waals surface area (Å²) in [4.78, 5) is 37.9. The minimum absolute atomic E-state index is 0.0574. The van der Waals surface area contributed by atoms with Crippen molar-refractivity contribution >= 4 is 17.9 Å². The summed E-state index contributed by atoms with van der Waals surface area (Å²) in [5, 5.41) is 5.80. The van der Waals surface area contributed by atoms with Gasteiger partial charge in [-0.2, -0.15) is 0 Å². The van der Waals surface area contributed by atoms with Crippen LogP contribution in [0.15, 0.2) is 0 Å². The van der Waals surface area contributed by atoms with Gasteiger partial charge < -0.3 is 25.2 Å². The molecule has 1 saturated heterocycles. The second kappa shape index (κ2) is 10.1. The predicted molar refractivity (Wildman–Crippen MR) is 89.7 cm³/mol. The molecule has 8 heteroatoms. The number of hydrogen-bond donors (Lipinski definition) is 3. The molecular weight excluding hydrogens is 312 g/mol. The Morgan fingerprint density at radius 2 is 1.75 bits per heavy atom. The van der Waals surface area contributed by atoms with E-state index in [1.165, 1.54) is 0 Å². The van der Waals surface area contributed by atoms with Gasteiger partial charge in [-0.25, -0.2) is 4.79 Å². The van der Waals surface area contributed by atoms with Crippen LogP contribution < -0.4 is 15.5 Å². The van der Waals surface area contributed by atoms with Gasteiger partial charge in [-0.15, -0.1) is 0 Å². The molecule has 1 unspecified atom stereocenters. The molecule has 1 aliphatic rings. The molecule has 0 aliphatic carbocycles. The zero-order valence-electron chi connectivity index (χ0n) is 15.2. The third-order valence-electron chi connectivity index (χ3n) is 3.76. The molecule has 0 aromatic carbocycles. The molecule has 1 aliphatic heterocycles. The molecule has 0 radical (unpaired) electrons. The molecule has 0 bridgehead atoms. The number of nitrogens with zero attached hydrogens (tertiary/aromatic N) is 1. The molecule has 3 N–H and O–H groups in total. The van der Waals surface area contributed by atoms with Gasteiger partial charge in [-0.1, -0.05) is 0 Å². The number of likely N-dealkylation sites (tertiary alicyclic amines) is 1. The van der Waals surface area contributed by atoms with Crippen LogP contribution in [-0.4, -0.2) is 74.7 Å². The van der Waals surface area contributed by atoms with Crippen LogP contribution in [0.2, 0.25) is 0 Å². The quantitative estimate of drug-likeness (QED) is 0.539. The summed E-state index contributed by atoms with van der Waals surface area (Å²) < 4.78 is 4.97. The Kier molecular flexibility index (Phi) is 8.53.